The van der Waals surface area contributed by atoms with Crippen LogP contribution in [0.3, 0.4) is 0 Å². The monoisotopic (exact) mass is 246 g/mol. The highest BCUT2D eigenvalue weighted by molar-refractivity contribution is 5.76. The summed E-state index contributed by atoms with van der Waals surface area (Å²) in [7, 11) is 0. The fourth-order valence-corrected chi connectivity index (χ4v) is 1.05. The molecule has 17 heavy (non-hydrogen) atoms. The quantitative estimate of drug-likeness (QED) is 0.766. The largest absolute Gasteiger partial charge is 0.480 e. The maximum atomic E-state index is 11.3. The predicted molar refractivity (Wildman–Crippen MR) is 68.7 cm³/mol. The van der Waals surface area contributed by atoms with Crippen LogP contribution in [0, 0.1) is 5.92 Å². The zero-order valence-corrected chi connectivity index (χ0v) is 11.6. The summed E-state index contributed by atoms with van der Waals surface area (Å²) in [5, 5.41) is 7.87. The number of hydrogen-bond acceptors (Lipinski definition) is 3. The molecule has 1 atom stereocenters. The molecule has 0 aliphatic heterocycles. The molecule has 0 rings (SSSR count). The lowest BCUT2D eigenvalue weighted by Gasteiger charge is -2.19. The zero-order valence-electron chi connectivity index (χ0n) is 11.6. The number of nitrogens with two attached hydrogens (primary N) is 1. The van der Waals surface area contributed by atoms with Crippen molar-refractivity contribution in [1.82, 2.24) is 4.90 Å². The number of carboxylic acids is 1. The third-order valence-corrected chi connectivity index (χ3v) is 2.09. The molecule has 1 amide bonds. The van der Waals surface area contributed by atoms with Crippen LogP contribution in [0.25, 0.3) is 0 Å². The van der Waals surface area contributed by atoms with Crippen LogP contribution < -0.4 is 5.73 Å². The van der Waals surface area contributed by atoms with Crippen LogP contribution >= 0.6 is 0 Å². The lowest BCUT2D eigenvalue weighted by molar-refractivity contribution is -0.138. The van der Waals surface area contributed by atoms with Crippen molar-refractivity contribution in [2.75, 3.05) is 13.1 Å². The van der Waals surface area contributed by atoms with E-state index >= 15 is 0 Å². The second-order valence-corrected chi connectivity index (χ2v) is 4.29. The first-order valence-electron chi connectivity index (χ1n) is 6.02. The van der Waals surface area contributed by atoms with Crippen LogP contribution in [-0.4, -0.2) is 41.0 Å². The molecule has 0 aromatic carbocycles. The van der Waals surface area contributed by atoms with E-state index in [1.54, 1.807) is 0 Å². The first kappa shape index (κ1) is 18.3. The molecule has 0 saturated heterocycles. The molecule has 0 aliphatic carbocycles. The van der Waals surface area contributed by atoms with E-state index in [0.717, 1.165) is 13.1 Å². The third-order valence-electron chi connectivity index (χ3n) is 2.09. The average Bonchev–Trinajstić information content (AvgIpc) is 2.19. The van der Waals surface area contributed by atoms with Crippen molar-refractivity contribution in [3.63, 3.8) is 0 Å². The molecule has 0 fully saturated rings. The summed E-state index contributed by atoms with van der Waals surface area (Å²) in [5.41, 5.74) is 4.84. The summed E-state index contributed by atoms with van der Waals surface area (Å²) in [5.74, 6) is -0.205. The lowest BCUT2D eigenvalue weighted by Crippen LogP contribution is -2.31. The van der Waals surface area contributed by atoms with Crippen LogP contribution in [-0.2, 0) is 9.59 Å². The Labute approximate surface area is 104 Å². The molecule has 0 aliphatic rings. The van der Waals surface area contributed by atoms with Gasteiger partial charge in [-0.05, 0) is 26.7 Å². The van der Waals surface area contributed by atoms with Crippen molar-refractivity contribution in [1.29, 1.82) is 0 Å². The van der Waals surface area contributed by atoms with Gasteiger partial charge in [0.1, 0.15) is 6.04 Å². The van der Waals surface area contributed by atoms with Gasteiger partial charge in [-0.3, -0.25) is 9.59 Å². The summed E-state index contributed by atoms with van der Waals surface area (Å²) in [6.45, 7) is 11.3. The number of rotatable bonds is 5. The number of carboxylic acid groups (broad SMARTS) is 1. The van der Waals surface area contributed by atoms with Gasteiger partial charge in [-0.2, -0.15) is 0 Å². The average molecular weight is 246 g/mol. The molecular formula is C12H26N2O3. The first-order chi connectivity index (χ1) is 7.76. The number of amides is 1. The van der Waals surface area contributed by atoms with E-state index in [9.17, 15) is 9.59 Å². The highest BCUT2D eigenvalue weighted by Gasteiger charge is 2.10. The van der Waals surface area contributed by atoms with Gasteiger partial charge in [-0.15, -0.1) is 0 Å². The Kier molecular flexibility index (Phi) is 10.8. The van der Waals surface area contributed by atoms with Crippen LogP contribution in [0.1, 0.15) is 41.0 Å². The molecular weight excluding hydrogens is 220 g/mol. The number of aliphatic carboxylic acids is 1. The van der Waals surface area contributed by atoms with Gasteiger partial charge in [0.15, 0.2) is 0 Å². The first-order valence-corrected chi connectivity index (χ1v) is 6.02. The summed E-state index contributed by atoms with van der Waals surface area (Å²) in [6, 6.07) is -0.731. The highest BCUT2D eigenvalue weighted by atomic mass is 16.4. The van der Waals surface area contributed by atoms with Crippen LogP contribution in [0.15, 0.2) is 0 Å². The topological polar surface area (TPSA) is 83.6 Å². The maximum Gasteiger partial charge on any atom is 0.320 e. The van der Waals surface area contributed by atoms with Crippen molar-refractivity contribution in [2.45, 2.75) is 47.1 Å². The molecule has 5 heteroatoms. The van der Waals surface area contributed by atoms with Crippen molar-refractivity contribution >= 4 is 11.9 Å². The molecule has 0 heterocycles. The van der Waals surface area contributed by atoms with Gasteiger partial charge in [-0.1, -0.05) is 13.8 Å². The molecule has 3 N–H and O–H groups in total. The lowest BCUT2D eigenvalue weighted by atomic mass is 10.1. The highest BCUT2D eigenvalue weighted by Crippen LogP contribution is 2.03. The molecule has 0 bridgehead atoms. The number of carbonyl (C=O) groups excluding carboxylic acids is 1. The van der Waals surface area contributed by atoms with E-state index in [0.29, 0.717) is 12.3 Å². The van der Waals surface area contributed by atoms with E-state index in [-0.39, 0.29) is 5.91 Å². The molecule has 1 unspecified atom stereocenters. The second-order valence-electron chi connectivity index (χ2n) is 4.29. The second kappa shape index (κ2) is 10.1. The summed E-state index contributed by atoms with van der Waals surface area (Å²) < 4.78 is 0. The van der Waals surface area contributed by atoms with Gasteiger partial charge in [0.2, 0.25) is 5.91 Å². The predicted octanol–water partition coefficient (Wildman–Crippen LogP) is 1.32. The Bertz CT molecular complexity index is 224. The SMILES string of the molecule is CC(N)C(=O)O.CCN(CC)C(=O)CC(C)C. The fourth-order valence-electron chi connectivity index (χ4n) is 1.05. The molecule has 0 spiro atoms. The Morgan fingerprint density at radius 3 is 1.71 bits per heavy atom. The Morgan fingerprint density at radius 1 is 1.18 bits per heavy atom. The van der Waals surface area contributed by atoms with E-state index in [4.69, 9.17) is 10.8 Å². The summed E-state index contributed by atoms with van der Waals surface area (Å²) >= 11 is 0. The van der Waals surface area contributed by atoms with Crippen LogP contribution in [0.4, 0.5) is 0 Å². The van der Waals surface area contributed by atoms with Gasteiger partial charge in [0.25, 0.3) is 0 Å². The molecule has 5 nitrogen and oxygen atoms in total. The Balaban J connectivity index is 0. The van der Waals surface area contributed by atoms with Gasteiger partial charge >= 0.3 is 5.97 Å². The Hall–Kier alpha value is -1.10. The van der Waals surface area contributed by atoms with Crippen molar-refractivity contribution in [3.8, 4) is 0 Å². The van der Waals surface area contributed by atoms with Gasteiger partial charge in [0, 0.05) is 19.5 Å². The van der Waals surface area contributed by atoms with Crippen LogP contribution in [0.5, 0.6) is 0 Å². The minimum atomic E-state index is -0.963. The van der Waals surface area contributed by atoms with E-state index in [1.165, 1.54) is 6.92 Å². The summed E-state index contributed by atoms with van der Waals surface area (Å²) in [6.07, 6.45) is 0.682. The number of carbonyl (C=O) groups is 2. The van der Waals surface area contributed by atoms with E-state index < -0.39 is 12.0 Å². The molecule has 0 aromatic rings. The van der Waals surface area contributed by atoms with E-state index in [1.807, 2.05) is 18.7 Å². The van der Waals surface area contributed by atoms with Crippen molar-refractivity contribution < 1.29 is 14.7 Å². The van der Waals surface area contributed by atoms with Crippen molar-refractivity contribution in [2.24, 2.45) is 11.7 Å². The third kappa shape index (κ3) is 11.2. The Morgan fingerprint density at radius 2 is 1.53 bits per heavy atom. The zero-order chi connectivity index (χ0) is 14.0. The van der Waals surface area contributed by atoms with Gasteiger partial charge in [-0.25, -0.2) is 0 Å². The molecule has 0 radical (unpaired) electrons. The summed E-state index contributed by atoms with van der Waals surface area (Å²) in [4.78, 5) is 22.8. The van der Waals surface area contributed by atoms with E-state index in [2.05, 4.69) is 13.8 Å². The van der Waals surface area contributed by atoms with Gasteiger partial charge in [0.05, 0.1) is 0 Å². The number of hydrogen-bond donors (Lipinski definition) is 2. The smallest absolute Gasteiger partial charge is 0.320 e. The molecule has 102 valence electrons. The van der Waals surface area contributed by atoms with Crippen molar-refractivity contribution in [3.05, 3.63) is 0 Å². The normalized spacial score (nSPS) is 11.5. The number of nitrogens with zero attached hydrogens (tertiary/aromatic N) is 1. The minimum Gasteiger partial charge on any atom is -0.480 e. The van der Waals surface area contributed by atoms with Crippen LogP contribution in [0.2, 0.25) is 0 Å². The minimum absolute atomic E-state index is 0.282. The van der Waals surface area contributed by atoms with Gasteiger partial charge < -0.3 is 15.7 Å². The maximum absolute atomic E-state index is 11.3. The molecule has 0 saturated carbocycles. The molecule has 0 aromatic heterocycles. The fraction of sp³-hybridized carbons (Fsp3) is 0.833. The standard InChI is InChI=1S/C9H19NO.C3H7NO2/c1-5-10(6-2)9(11)7-8(3)4;1-2(4)3(5)6/h8H,5-7H2,1-4H3;2H,4H2,1H3,(H,5,6).